The first-order valence-electron chi connectivity index (χ1n) is 11.6. The molecule has 38 heavy (non-hydrogen) atoms. The molecule has 1 saturated carbocycles. The van der Waals surface area contributed by atoms with Crippen LogP contribution < -0.4 is 4.74 Å². The second-order valence-electron chi connectivity index (χ2n) is 8.61. The molecule has 3 aromatic carbocycles. The average molecular weight is 571 g/mol. The third-order valence-corrected chi connectivity index (χ3v) is 6.95. The fraction of sp³-hybridized carbons (Fsp3) is 0.172. The molecule has 1 fully saturated rings. The van der Waals surface area contributed by atoms with Gasteiger partial charge >= 0.3 is 5.97 Å². The van der Waals surface area contributed by atoms with E-state index < -0.39 is 11.8 Å². The van der Waals surface area contributed by atoms with Crippen LogP contribution in [0.5, 0.6) is 5.75 Å². The second kappa shape index (κ2) is 11.1. The Balaban J connectivity index is 1.38. The van der Waals surface area contributed by atoms with Crippen molar-refractivity contribution in [1.29, 1.82) is 0 Å². The zero-order chi connectivity index (χ0) is 26.8. The predicted octanol–water partition coefficient (Wildman–Crippen LogP) is 8.08. The van der Waals surface area contributed by atoms with E-state index in [9.17, 15) is 9.18 Å². The quantitative estimate of drug-likeness (QED) is 0.173. The Morgan fingerprint density at radius 2 is 1.76 bits per heavy atom. The van der Waals surface area contributed by atoms with E-state index in [4.69, 9.17) is 44.1 Å². The first-order chi connectivity index (χ1) is 18.4. The van der Waals surface area contributed by atoms with Gasteiger partial charge in [-0.3, -0.25) is 0 Å². The third-order valence-electron chi connectivity index (χ3n) is 6.01. The maximum Gasteiger partial charge on any atom is 0.337 e. The summed E-state index contributed by atoms with van der Waals surface area (Å²) in [6.07, 6.45) is 2.03. The van der Waals surface area contributed by atoms with Gasteiger partial charge < -0.3 is 14.0 Å². The minimum atomic E-state index is -0.579. The van der Waals surface area contributed by atoms with Gasteiger partial charge in [0, 0.05) is 23.1 Å². The summed E-state index contributed by atoms with van der Waals surface area (Å²) in [5.74, 6) is 5.98. The molecule has 0 saturated heterocycles. The van der Waals surface area contributed by atoms with Crippen LogP contribution in [-0.4, -0.2) is 18.2 Å². The molecule has 0 bridgehead atoms. The molecule has 0 amide bonds. The van der Waals surface area contributed by atoms with Crippen LogP contribution in [-0.2, 0) is 11.3 Å². The van der Waals surface area contributed by atoms with Crippen LogP contribution in [0.15, 0.2) is 59.1 Å². The molecular formula is C29H19Cl3FNO4. The molecule has 1 aromatic heterocycles. The van der Waals surface area contributed by atoms with Gasteiger partial charge in [0.05, 0.1) is 38.9 Å². The van der Waals surface area contributed by atoms with E-state index in [-0.39, 0.29) is 23.7 Å². The van der Waals surface area contributed by atoms with Crippen molar-refractivity contribution in [2.45, 2.75) is 25.4 Å². The maximum atomic E-state index is 14.2. The van der Waals surface area contributed by atoms with Crippen LogP contribution in [0.3, 0.4) is 0 Å². The molecule has 0 radical (unpaired) electrons. The maximum absolute atomic E-state index is 14.2. The number of hydrogen-bond acceptors (Lipinski definition) is 5. The number of nitrogens with zero attached hydrogens (tertiary/aromatic N) is 1. The highest BCUT2D eigenvalue weighted by Gasteiger charge is 2.33. The van der Waals surface area contributed by atoms with Gasteiger partial charge in [-0.15, -0.1) is 0 Å². The van der Waals surface area contributed by atoms with E-state index in [1.807, 2.05) is 0 Å². The summed E-state index contributed by atoms with van der Waals surface area (Å²) in [6, 6.07) is 14.1. The number of esters is 1. The van der Waals surface area contributed by atoms with Crippen LogP contribution in [0.4, 0.5) is 4.39 Å². The van der Waals surface area contributed by atoms with Gasteiger partial charge in [-0.1, -0.05) is 57.9 Å². The van der Waals surface area contributed by atoms with Crippen LogP contribution in [0.1, 0.15) is 51.6 Å². The van der Waals surface area contributed by atoms with Gasteiger partial charge in [-0.25, -0.2) is 9.18 Å². The topological polar surface area (TPSA) is 61.6 Å². The molecule has 192 valence electrons. The Labute approximate surface area is 233 Å². The number of carbonyl (C=O) groups excluding carboxylic acids is 1. The second-order valence-corrected chi connectivity index (χ2v) is 9.83. The summed E-state index contributed by atoms with van der Waals surface area (Å²) >= 11 is 19.3. The number of halogens is 4. The summed E-state index contributed by atoms with van der Waals surface area (Å²) in [5, 5.41) is 5.52. The summed E-state index contributed by atoms with van der Waals surface area (Å²) in [4.78, 5) is 11.7. The fourth-order valence-corrected chi connectivity index (χ4v) is 4.69. The molecule has 0 N–H and O–H groups in total. The number of benzene rings is 3. The first kappa shape index (κ1) is 26.1. The Bertz CT molecular complexity index is 1580. The Hall–Kier alpha value is -3.50. The summed E-state index contributed by atoms with van der Waals surface area (Å²) in [5.41, 5.74) is 2.64. The Morgan fingerprint density at radius 3 is 2.45 bits per heavy atom. The minimum absolute atomic E-state index is 0.0510. The third kappa shape index (κ3) is 5.51. The van der Waals surface area contributed by atoms with Crippen molar-refractivity contribution in [1.82, 2.24) is 5.16 Å². The molecule has 0 atom stereocenters. The lowest BCUT2D eigenvalue weighted by Crippen LogP contribution is -2.02. The van der Waals surface area contributed by atoms with Crippen molar-refractivity contribution >= 4 is 40.8 Å². The number of aromatic nitrogens is 1. The number of rotatable bonds is 6. The number of hydrogen-bond donors (Lipinski definition) is 0. The van der Waals surface area contributed by atoms with Crippen LogP contribution in [0.2, 0.25) is 15.1 Å². The zero-order valence-corrected chi connectivity index (χ0v) is 22.3. The lowest BCUT2D eigenvalue weighted by Gasteiger charge is -2.10. The Morgan fingerprint density at radius 1 is 1.03 bits per heavy atom. The standard InChI is InChI=1S/C29H19Cl3FNO4/c1-36-29(35)19-10-12-25(33)18(13-19)8-5-16-9-11-20(14-24(16)32)37-15-21-27(34-38-28(21)17-6-7-17)26-22(30)3-2-4-23(26)31/h2-4,9-14,17H,6-7,15H2,1H3. The molecule has 9 heteroatoms. The lowest BCUT2D eigenvalue weighted by atomic mass is 10.0. The van der Waals surface area contributed by atoms with Crippen molar-refractivity contribution in [3.8, 4) is 28.8 Å². The highest BCUT2D eigenvalue weighted by atomic mass is 35.5. The van der Waals surface area contributed by atoms with Gasteiger partial charge in [-0.2, -0.15) is 0 Å². The first-order valence-corrected chi connectivity index (χ1v) is 12.7. The van der Waals surface area contributed by atoms with Gasteiger partial charge in [0.1, 0.15) is 29.6 Å². The fourth-order valence-electron chi connectivity index (χ4n) is 3.89. The monoisotopic (exact) mass is 569 g/mol. The molecule has 1 aliphatic rings. The molecule has 1 heterocycles. The molecule has 5 rings (SSSR count). The molecule has 0 spiro atoms. The van der Waals surface area contributed by atoms with E-state index in [0.29, 0.717) is 37.6 Å². The van der Waals surface area contributed by atoms with Gasteiger partial charge in [0.15, 0.2) is 0 Å². The summed E-state index contributed by atoms with van der Waals surface area (Å²) in [6.45, 7) is 0.166. The van der Waals surface area contributed by atoms with Crippen molar-refractivity contribution in [2.24, 2.45) is 0 Å². The average Bonchev–Trinajstić information content (AvgIpc) is 3.67. The number of ether oxygens (including phenoxy) is 2. The zero-order valence-electron chi connectivity index (χ0n) is 20.0. The minimum Gasteiger partial charge on any atom is -0.489 e. The molecule has 0 aliphatic heterocycles. The summed E-state index contributed by atoms with van der Waals surface area (Å²) in [7, 11) is 1.25. The molecule has 4 aromatic rings. The highest BCUT2D eigenvalue weighted by Crippen LogP contribution is 2.46. The van der Waals surface area contributed by atoms with E-state index in [0.717, 1.165) is 24.2 Å². The number of methoxy groups -OCH3 is 1. The Kier molecular flexibility index (Phi) is 7.62. The van der Waals surface area contributed by atoms with Crippen molar-refractivity contribution in [2.75, 3.05) is 7.11 Å². The van der Waals surface area contributed by atoms with Gasteiger partial charge in [0.2, 0.25) is 0 Å². The van der Waals surface area contributed by atoms with E-state index >= 15 is 0 Å². The van der Waals surface area contributed by atoms with Gasteiger partial charge in [-0.05, 0) is 55.3 Å². The van der Waals surface area contributed by atoms with E-state index in [2.05, 4.69) is 21.7 Å². The van der Waals surface area contributed by atoms with Crippen LogP contribution in [0, 0.1) is 17.7 Å². The van der Waals surface area contributed by atoms with E-state index in [1.165, 1.54) is 25.3 Å². The van der Waals surface area contributed by atoms with Crippen LogP contribution >= 0.6 is 34.8 Å². The van der Waals surface area contributed by atoms with Crippen molar-refractivity contribution in [3.05, 3.63) is 103 Å². The highest BCUT2D eigenvalue weighted by molar-refractivity contribution is 6.39. The predicted molar refractivity (Wildman–Crippen MR) is 143 cm³/mol. The van der Waals surface area contributed by atoms with Crippen molar-refractivity contribution < 1.29 is 23.2 Å². The summed E-state index contributed by atoms with van der Waals surface area (Å²) < 4.78 is 30.6. The molecule has 0 unspecified atom stereocenters. The molecule has 1 aliphatic carbocycles. The molecule has 5 nitrogen and oxygen atoms in total. The number of carbonyl (C=O) groups is 1. The largest absolute Gasteiger partial charge is 0.489 e. The van der Waals surface area contributed by atoms with Gasteiger partial charge in [0.25, 0.3) is 0 Å². The lowest BCUT2D eigenvalue weighted by molar-refractivity contribution is 0.0600. The van der Waals surface area contributed by atoms with Crippen LogP contribution in [0.25, 0.3) is 11.3 Å². The normalized spacial score (nSPS) is 12.6. The smallest absolute Gasteiger partial charge is 0.337 e. The van der Waals surface area contributed by atoms with Crippen molar-refractivity contribution in [3.63, 3.8) is 0 Å². The molecular weight excluding hydrogens is 552 g/mol. The van der Waals surface area contributed by atoms with E-state index in [1.54, 1.807) is 36.4 Å². The SMILES string of the molecule is COC(=O)c1ccc(F)c(C#Cc2ccc(OCc3c(-c4c(Cl)cccc4Cl)noc3C3CC3)cc2Cl)c1.